The van der Waals surface area contributed by atoms with Crippen molar-refractivity contribution in [2.75, 3.05) is 6.61 Å². The summed E-state index contributed by atoms with van der Waals surface area (Å²) in [6.45, 7) is 6.02. The fourth-order valence-electron chi connectivity index (χ4n) is 1.17. The number of aryl methyl sites for hydroxylation is 2. The lowest BCUT2D eigenvalue weighted by atomic mass is 10.2. The zero-order chi connectivity index (χ0) is 9.84. The number of carbonyl (C=O) groups is 1. The van der Waals surface area contributed by atoms with E-state index in [1.54, 1.807) is 13.0 Å². The lowest BCUT2D eigenvalue weighted by molar-refractivity contribution is 0.0488. The maximum absolute atomic E-state index is 11.2. The Morgan fingerprint density at radius 1 is 1.54 bits per heavy atom. The van der Waals surface area contributed by atoms with Crippen molar-refractivity contribution in [1.29, 1.82) is 0 Å². The highest BCUT2D eigenvalue weighted by Gasteiger charge is 2.13. The molecule has 0 saturated carbocycles. The Balaban J connectivity index is 2.84. The van der Waals surface area contributed by atoms with Gasteiger partial charge in [-0.2, -0.15) is 0 Å². The first-order valence-electron chi connectivity index (χ1n) is 4.45. The second-order valence-electron chi connectivity index (χ2n) is 2.77. The molecule has 1 aromatic heterocycles. The van der Waals surface area contributed by atoms with E-state index in [0.29, 0.717) is 12.4 Å². The van der Waals surface area contributed by atoms with Gasteiger partial charge in [-0.05, 0) is 31.9 Å². The van der Waals surface area contributed by atoms with Crippen LogP contribution in [0.15, 0.2) is 10.5 Å². The number of carbonyl (C=O) groups excluding carboxylic acids is 1. The summed E-state index contributed by atoms with van der Waals surface area (Å²) in [7, 11) is 0. The van der Waals surface area contributed by atoms with E-state index >= 15 is 0 Å². The zero-order valence-corrected chi connectivity index (χ0v) is 8.22. The van der Waals surface area contributed by atoms with Gasteiger partial charge in [-0.1, -0.05) is 6.92 Å². The molecule has 0 spiro atoms. The number of rotatable bonds is 3. The monoisotopic (exact) mass is 182 g/mol. The van der Waals surface area contributed by atoms with Gasteiger partial charge in [0.15, 0.2) is 0 Å². The molecule has 3 nitrogen and oxygen atoms in total. The highest BCUT2D eigenvalue weighted by atomic mass is 16.5. The molecule has 0 fully saturated rings. The molecule has 72 valence electrons. The van der Waals surface area contributed by atoms with E-state index in [1.807, 2.05) is 13.8 Å². The van der Waals surface area contributed by atoms with Crippen LogP contribution in [0, 0.1) is 6.92 Å². The minimum Gasteiger partial charge on any atom is -0.460 e. The van der Waals surface area contributed by atoms with Crippen LogP contribution < -0.4 is 0 Å². The first kappa shape index (κ1) is 9.84. The molecule has 0 N–H and O–H groups in total. The van der Waals surface area contributed by atoms with Crippen LogP contribution >= 0.6 is 0 Å². The lowest BCUT2D eigenvalue weighted by Gasteiger charge is -1.95. The summed E-state index contributed by atoms with van der Waals surface area (Å²) in [5.41, 5.74) is 1.06. The van der Waals surface area contributed by atoms with Gasteiger partial charge in [0.2, 0.25) is 5.76 Å². The molecule has 1 rings (SSSR count). The Morgan fingerprint density at radius 2 is 2.23 bits per heavy atom. The topological polar surface area (TPSA) is 39.4 Å². The van der Waals surface area contributed by atoms with Crippen LogP contribution in [-0.2, 0) is 11.2 Å². The van der Waals surface area contributed by atoms with Gasteiger partial charge in [-0.15, -0.1) is 0 Å². The summed E-state index contributed by atoms with van der Waals surface area (Å²) in [4.78, 5) is 11.2. The van der Waals surface area contributed by atoms with E-state index in [0.717, 1.165) is 17.7 Å². The molecule has 0 radical (unpaired) electrons. The summed E-state index contributed by atoms with van der Waals surface area (Å²) in [6, 6.07) is 1.74. The molecule has 0 unspecified atom stereocenters. The van der Waals surface area contributed by atoms with Gasteiger partial charge < -0.3 is 9.15 Å². The van der Waals surface area contributed by atoms with Gasteiger partial charge in [-0.3, -0.25) is 0 Å². The first-order valence-corrected chi connectivity index (χ1v) is 4.45. The van der Waals surface area contributed by atoms with E-state index in [9.17, 15) is 4.79 Å². The summed E-state index contributed by atoms with van der Waals surface area (Å²) in [5, 5.41) is 0. The van der Waals surface area contributed by atoms with Crippen molar-refractivity contribution in [3.63, 3.8) is 0 Å². The molecule has 0 saturated heterocycles. The Bertz CT molecular complexity index is 299. The van der Waals surface area contributed by atoms with E-state index in [4.69, 9.17) is 9.15 Å². The number of esters is 1. The van der Waals surface area contributed by atoms with Crippen LogP contribution in [0.5, 0.6) is 0 Å². The third-order valence-electron chi connectivity index (χ3n) is 1.88. The lowest BCUT2D eigenvalue weighted by Crippen LogP contribution is -2.02. The Kier molecular flexibility index (Phi) is 3.12. The average Bonchev–Trinajstić information content (AvgIpc) is 2.47. The summed E-state index contributed by atoms with van der Waals surface area (Å²) < 4.78 is 10.1. The Morgan fingerprint density at radius 3 is 2.69 bits per heavy atom. The van der Waals surface area contributed by atoms with Gasteiger partial charge in [0.05, 0.1) is 6.61 Å². The molecule has 0 aromatic carbocycles. The van der Waals surface area contributed by atoms with Gasteiger partial charge in [0.1, 0.15) is 5.76 Å². The standard InChI is InChI=1S/C10H14O3/c1-4-8-6-9(13-7(8)3)10(11)12-5-2/h6H,4-5H2,1-3H3. The van der Waals surface area contributed by atoms with Crippen LogP contribution in [0.2, 0.25) is 0 Å². The fourth-order valence-corrected chi connectivity index (χ4v) is 1.17. The highest BCUT2D eigenvalue weighted by molar-refractivity contribution is 5.86. The number of ether oxygens (including phenoxy) is 1. The average molecular weight is 182 g/mol. The molecule has 0 aliphatic carbocycles. The number of hydrogen-bond donors (Lipinski definition) is 0. The van der Waals surface area contributed by atoms with E-state index < -0.39 is 0 Å². The Labute approximate surface area is 77.7 Å². The van der Waals surface area contributed by atoms with Crippen molar-refractivity contribution in [3.8, 4) is 0 Å². The van der Waals surface area contributed by atoms with Crippen molar-refractivity contribution >= 4 is 5.97 Å². The smallest absolute Gasteiger partial charge is 0.374 e. The van der Waals surface area contributed by atoms with Gasteiger partial charge in [-0.25, -0.2) is 4.79 Å². The predicted octanol–water partition coefficient (Wildman–Crippen LogP) is 2.33. The maximum Gasteiger partial charge on any atom is 0.374 e. The molecular weight excluding hydrogens is 168 g/mol. The molecule has 0 aliphatic rings. The molecule has 1 aromatic rings. The zero-order valence-electron chi connectivity index (χ0n) is 8.22. The molecule has 1 heterocycles. The molecule has 0 bridgehead atoms. The fraction of sp³-hybridized carbons (Fsp3) is 0.500. The minimum absolute atomic E-state index is 0.302. The van der Waals surface area contributed by atoms with Crippen molar-refractivity contribution < 1.29 is 13.9 Å². The normalized spacial score (nSPS) is 10.1. The number of furan rings is 1. The molecule has 3 heteroatoms. The quantitative estimate of drug-likeness (QED) is 0.673. The summed E-state index contributed by atoms with van der Waals surface area (Å²) in [5.74, 6) is 0.715. The summed E-state index contributed by atoms with van der Waals surface area (Å²) in [6.07, 6.45) is 0.870. The molecule has 0 aliphatic heterocycles. The highest BCUT2D eigenvalue weighted by Crippen LogP contribution is 2.15. The van der Waals surface area contributed by atoms with Crippen LogP contribution in [0.4, 0.5) is 0 Å². The maximum atomic E-state index is 11.2. The van der Waals surface area contributed by atoms with E-state index in [2.05, 4.69) is 0 Å². The number of hydrogen-bond acceptors (Lipinski definition) is 3. The molecule has 0 atom stereocenters. The van der Waals surface area contributed by atoms with Crippen molar-refractivity contribution in [2.45, 2.75) is 27.2 Å². The van der Waals surface area contributed by atoms with Gasteiger partial charge in [0.25, 0.3) is 0 Å². The van der Waals surface area contributed by atoms with Crippen molar-refractivity contribution in [2.24, 2.45) is 0 Å². The van der Waals surface area contributed by atoms with Crippen LogP contribution in [0.25, 0.3) is 0 Å². The second-order valence-corrected chi connectivity index (χ2v) is 2.77. The first-order chi connectivity index (χ1) is 6.19. The molecular formula is C10H14O3. The van der Waals surface area contributed by atoms with Crippen LogP contribution in [0.3, 0.4) is 0 Å². The van der Waals surface area contributed by atoms with Gasteiger partial charge >= 0.3 is 5.97 Å². The van der Waals surface area contributed by atoms with Crippen molar-refractivity contribution in [3.05, 3.63) is 23.2 Å². The third-order valence-corrected chi connectivity index (χ3v) is 1.88. The van der Waals surface area contributed by atoms with Gasteiger partial charge in [0, 0.05) is 0 Å². The Hall–Kier alpha value is -1.25. The van der Waals surface area contributed by atoms with Crippen LogP contribution in [-0.4, -0.2) is 12.6 Å². The molecule has 13 heavy (non-hydrogen) atoms. The second kappa shape index (κ2) is 4.12. The predicted molar refractivity (Wildman–Crippen MR) is 48.8 cm³/mol. The van der Waals surface area contributed by atoms with Crippen molar-refractivity contribution in [1.82, 2.24) is 0 Å². The SMILES string of the molecule is CCOC(=O)c1cc(CC)c(C)o1. The van der Waals surface area contributed by atoms with Crippen LogP contribution in [0.1, 0.15) is 35.7 Å². The van der Waals surface area contributed by atoms with E-state index in [1.165, 1.54) is 0 Å². The minimum atomic E-state index is -0.384. The largest absolute Gasteiger partial charge is 0.460 e. The van der Waals surface area contributed by atoms with E-state index in [-0.39, 0.29) is 5.97 Å². The summed E-state index contributed by atoms with van der Waals surface area (Å²) >= 11 is 0. The third kappa shape index (κ3) is 2.11. The molecule has 0 amide bonds.